The average molecular weight is 467 g/mol. The van der Waals surface area contributed by atoms with Gasteiger partial charge in [0.1, 0.15) is 0 Å². The Morgan fingerprint density at radius 1 is 0.667 bits per heavy atom. The second kappa shape index (κ2) is 8.95. The Balaban J connectivity index is 1.25. The Labute approximate surface area is 213 Å². The topological polar surface area (TPSA) is 24.9 Å². The van der Waals surface area contributed by atoms with Crippen molar-refractivity contribution in [2.75, 3.05) is 5.32 Å². The standard InChI is InChI=1S/C34H30N2/c1-2-11-29-28(10-1)27(17-18-31(29)33-13-5-6-19-35-33)24-8-7-9-26(22-24)36-34-14-4-3-12-30(34)32-21-23-15-16-25(32)20-23/h1-14,17-19,22-23,25,32,36H,15-16,20-21H2. The lowest BCUT2D eigenvalue weighted by molar-refractivity contribution is 0.421. The maximum absolute atomic E-state index is 4.61. The predicted molar refractivity (Wildman–Crippen MR) is 151 cm³/mol. The molecule has 0 radical (unpaired) electrons. The molecule has 2 fully saturated rings. The van der Waals surface area contributed by atoms with E-state index in [4.69, 9.17) is 0 Å². The Hall–Kier alpha value is -3.91. The maximum Gasteiger partial charge on any atom is 0.0708 e. The Morgan fingerprint density at radius 2 is 1.47 bits per heavy atom. The van der Waals surface area contributed by atoms with Crippen molar-refractivity contribution < 1.29 is 0 Å². The number of rotatable bonds is 5. The molecule has 5 aromatic rings. The molecule has 176 valence electrons. The fraction of sp³-hybridized carbons (Fsp3) is 0.206. The second-order valence-electron chi connectivity index (χ2n) is 10.5. The van der Waals surface area contributed by atoms with E-state index in [0.29, 0.717) is 5.92 Å². The van der Waals surface area contributed by atoms with Gasteiger partial charge in [-0.15, -0.1) is 0 Å². The van der Waals surface area contributed by atoms with Crippen LogP contribution in [0.2, 0.25) is 0 Å². The van der Waals surface area contributed by atoms with E-state index in [0.717, 1.165) is 23.2 Å². The van der Waals surface area contributed by atoms with Crippen LogP contribution < -0.4 is 5.32 Å². The van der Waals surface area contributed by atoms with Gasteiger partial charge in [-0.2, -0.15) is 0 Å². The first-order valence-corrected chi connectivity index (χ1v) is 13.2. The largest absolute Gasteiger partial charge is 0.355 e. The highest BCUT2D eigenvalue weighted by molar-refractivity contribution is 6.04. The van der Waals surface area contributed by atoms with Crippen LogP contribution in [0.4, 0.5) is 11.4 Å². The lowest BCUT2D eigenvalue weighted by atomic mass is 9.82. The summed E-state index contributed by atoms with van der Waals surface area (Å²) in [7, 11) is 0. The number of pyridine rings is 1. The monoisotopic (exact) mass is 466 g/mol. The normalized spacial score (nSPS) is 20.6. The molecule has 2 aliphatic carbocycles. The first-order chi connectivity index (χ1) is 17.8. The zero-order chi connectivity index (χ0) is 23.9. The SMILES string of the molecule is c1ccc(-c2ccc(-c3cccc(Nc4ccccc4C4CC5CCC4C5)c3)c3ccccc23)nc1. The van der Waals surface area contributed by atoms with Crippen molar-refractivity contribution in [1.82, 2.24) is 4.98 Å². The van der Waals surface area contributed by atoms with E-state index in [-0.39, 0.29) is 0 Å². The molecule has 1 N–H and O–H groups in total. The maximum atomic E-state index is 4.61. The molecule has 0 spiro atoms. The highest BCUT2D eigenvalue weighted by Gasteiger charge is 2.40. The van der Waals surface area contributed by atoms with Crippen molar-refractivity contribution in [2.45, 2.75) is 31.6 Å². The molecule has 3 unspecified atom stereocenters. The quantitative estimate of drug-likeness (QED) is 0.279. The van der Waals surface area contributed by atoms with Crippen LogP contribution in [-0.4, -0.2) is 4.98 Å². The van der Waals surface area contributed by atoms with E-state index in [1.807, 2.05) is 12.3 Å². The average Bonchev–Trinajstić information content (AvgIpc) is 3.58. The van der Waals surface area contributed by atoms with Crippen LogP contribution in [0, 0.1) is 11.8 Å². The van der Waals surface area contributed by atoms with Crippen LogP contribution in [0.5, 0.6) is 0 Å². The second-order valence-corrected chi connectivity index (χ2v) is 10.5. The number of anilines is 2. The minimum Gasteiger partial charge on any atom is -0.355 e. The molecule has 2 nitrogen and oxygen atoms in total. The van der Waals surface area contributed by atoms with Gasteiger partial charge in [-0.1, -0.05) is 79.2 Å². The van der Waals surface area contributed by atoms with Gasteiger partial charge in [0, 0.05) is 23.1 Å². The minimum atomic E-state index is 0.707. The Bertz CT molecular complexity index is 1540. The molecular formula is C34H30N2. The first-order valence-electron chi connectivity index (χ1n) is 13.2. The molecule has 1 heterocycles. The molecule has 4 aromatic carbocycles. The van der Waals surface area contributed by atoms with E-state index in [1.54, 1.807) is 0 Å². The zero-order valence-electron chi connectivity index (χ0n) is 20.4. The van der Waals surface area contributed by atoms with E-state index in [9.17, 15) is 0 Å². The number of fused-ring (bicyclic) bond motifs is 3. The third-order valence-electron chi connectivity index (χ3n) is 8.42. The number of hydrogen-bond acceptors (Lipinski definition) is 2. The molecule has 2 bridgehead atoms. The summed E-state index contributed by atoms with van der Waals surface area (Å²) in [6.07, 6.45) is 7.49. The fourth-order valence-corrected chi connectivity index (χ4v) is 6.78. The summed E-state index contributed by atoms with van der Waals surface area (Å²) in [6.45, 7) is 0. The summed E-state index contributed by atoms with van der Waals surface area (Å²) in [5, 5.41) is 6.27. The van der Waals surface area contributed by atoms with Gasteiger partial charge >= 0.3 is 0 Å². The molecular weight excluding hydrogens is 436 g/mol. The molecule has 2 aliphatic rings. The van der Waals surface area contributed by atoms with Crippen molar-refractivity contribution in [3.05, 3.63) is 115 Å². The lowest BCUT2D eigenvalue weighted by Gasteiger charge is -2.25. The van der Waals surface area contributed by atoms with Crippen molar-refractivity contribution in [3.63, 3.8) is 0 Å². The van der Waals surface area contributed by atoms with Gasteiger partial charge in [-0.25, -0.2) is 0 Å². The van der Waals surface area contributed by atoms with Crippen LogP contribution in [0.3, 0.4) is 0 Å². The van der Waals surface area contributed by atoms with Gasteiger partial charge in [0.05, 0.1) is 5.69 Å². The predicted octanol–water partition coefficient (Wildman–Crippen LogP) is 9.22. The van der Waals surface area contributed by atoms with Crippen LogP contribution in [-0.2, 0) is 0 Å². The number of aromatic nitrogens is 1. The van der Waals surface area contributed by atoms with Crippen molar-refractivity contribution >= 4 is 22.1 Å². The highest BCUT2D eigenvalue weighted by Crippen LogP contribution is 2.54. The first kappa shape index (κ1) is 21.4. The number of benzene rings is 4. The third-order valence-corrected chi connectivity index (χ3v) is 8.42. The van der Waals surface area contributed by atoms with E-state index in [1.165, 1.54) is 64.4 Å². The molecule has 0 amide bonds. The van der Waals surface area contributed by atoms with E-state index in [2.05, 4.69) is 107 Å². The van der Waals surface area contributed by atoms with Gasteiger partial charge in [0.15, 0.2) is 0 Å². The molecule has 2 heteroatoms. The molecule has 7 rings (SSSR count). The van der Waals surface area contributed by atoms with Crippen LogP contribution >= 0.6 is 0 Å². The van der Waals surface area contributed by atoms with Crippen LogP contribution in [0.1, 0.15) is 37.2 Å². The molecule has 36 heavy (non-hydrogen) atoms. The van der Waals surface area contributed by atoms with Gasteiger partial charge in [0.25, 0.3) is 0 Å². The zero-order valence-corrected chi connectivity index (χ0v) is 20.4. The smallest absolute Gasteiger partial charge is 0.0708 e. The lowest BCUT2D eigenvalue weighted by Crippen LogP contribution is -2.10. The molecule has 0 saturated heterocycles. The molecule has 1 aromatic heterocycles. The summed E-state index contributed by atoms with van der Waals surface area (Å²) < 4.78 is 0. The summed E-state index contributed by atoms with van der Waals surface area (Å²) >= 11 is 0. The summed E-state index contributed by atoms with van der Waals surface area (Å²) in [6, 6.07) is 37.1. The van der Waals surface area contributed by atoms with Crippen molar-refractivity contribution in [3.8, 4) is 22.4 Å². The van der Waals surface area contributed by atoms with E-state index >= 15 is 0 Å². The van der Waals surface area contributed by atoms with Crippen LogP contribution in [0.25, 0.3) is 33.2 Å². The summed E-state index contributed by atoms with van der Waals surface area (Å²) in [5.41, 5.74) is 8.55. The third kappa shape index (κ3) is 3.78. The summed E-state index contributed by atoms with van der Waals surface area (Å²) in [5.74, 6) is 2.52. The minimum absolute atomic E-state index is 0.707. The van der Waals surface area contributed by atoms with Crippen LogP contribution in [0.15, 0.2) is 109 Å². The number of nitrogens with one attached hydrogen (secondary N) is 1. The number of para-hydroxylation sites is 1. The van der Waals surface area contributed by atoms with Gasteiger partial charge in [0.2, 0.25) is 0 Å². The number of nitrogens with zero attached hydrogens (tertiary/aromatic N) is 1. The molecule has 3 atom stereocenters. The Kier molecular flexibility index (Phi) is 5.31. The van der Waals surface area contributed by atoms with Gasteiger partial charge in [-0.3, -0.25) is 4.98 Å². The Morgan fingerprint density at radius 3 is 2.28 bits per heavy atom. The fourth-order valence-electron chi connectivity index (χ4n) is 6.78. The van der Waals surface area contributed by atoms with E-state index < -0.39 is 0 Å². The summed E-state index contributed by atoms with van der Waals surface area (Å²) in [4.78, 5) is 4.61. The van der Waals surface area contributed by atoms with Crippen molar-refractivity contribution in [2.24, 2.45) is 11.8 Å². The van der Waals surface area contributed by atoms with Crippen molar-refractivity contribution in [1.29, 1.82) is 0 Å². The molecule has 2 saturated carbocycles. The van der Waals surface area contributed by atoms with Gasteiger partial charge in [-0.05, 0) is 94.8 Å². The number of hydrogen-bond donors (Lipinski definition) is 1. The van der Waals surface area contributed by atoms with Gasteiger partial charge < -0.3 is 5.32 Å². The molecule has 0 aliphatic heterocycles. The highest BCUT2D eigenvalue weighted by atomic mass is 14.9.